The predicted octanol–water partition coefficient (Wildman–Crippen LogP) is 2.73. The van der Waals surface area contributed by atoms with E-state index in [-0.39, 0.29) is 41.7 Å². The van der Waals surface area contributed by atoms with Crippen molar-refractivity contribution in [1.29, 1.82) is 0 Å². The Morgan fingerprint density at radius 2 is 1.86 bits per heavy atom. The summed E-state index contributed by atoms with van der Waals surface area (Å²) < 4.78 is 4.94. The standard InChI is InChI=1S/C15H32N4O2.HI/c1-8-21-14(20)18-12(9-11(2)3)10-17-13(16-7)19-15(4,5)6;/h11-12H,8-10H2,1-7H3,(H,18,20)(H2,16,17,19);1H. The number of ether oxygens (including phenoxy) is 1. The Labute approximate surface area is 152 Å². The van der Waals surface area contributed by atoms with Gasteiger partial charge in [0.25, 0.3) is 0 Å². The van der Waals surface area contributed by atoms with Crippen LogP contribution in [0.3, 0.4) is 0 Å². The van der Waals surface area contributed by atoms with Gasteiger partial charge in [-0.05, 0) is 40.0 Å². The predicted molar refractivity (Wildman–Crippen MR) is 103 cm³/mol. The molecule has 0 radical (unpaired) electrons. The Morgan fingerprint density at radius 1 is 1.27 bits per heavy atom. The van der Waals surface area contributed by atoms with Crippen LogP contribution < -0.4 is 16.0 Å². The monoisotopic (exact) mass is 428 g/mol. The normalized spacial score (nSPS) is 13.2. The molecule has 0 aliphatic rings. The third-order valence-corrected chi connectivity index (χ3v) is 2.59. The lowest BCUT2D eigenvalue weighted by molar-refractivity contribution is 0.146. The van der Waals surface area contributed by atoms with Crippen molar-refractivity contribution < 1.29 is 9.53 Å². The lowest BCUT2D eigenvalue weighted by atomic mass is 10.0. The van der Waals surface area contributed by atoms with Gasteiger partial charge in [-0.2, -0.15) is 0 Å². The van der Waals surface area contributed by atoms with Crippen LogP contribution in [-0.4, -0.2) is 43.8 Å². The smallest absolute Gasteiger partial charge is 0.407 e. The molecule has 6 nitrogen and oxygen atoms in total. The number of amides is 1. The molecule has 0 rings (SSSR count). The van der Waals surface area contributed by atoms with Crippen LogP contribution in [0.5, 0.6) is 0 Å². The topological polar surface area (TPSA) is 74.8 Å². The number of carbonyl (C=O) groups excluding carboxylic acids is 1. The molecule has 0 heterocycles. The van der Waals surface area contributed by atoms with E-state index in [1.807, 2.05) is 0 Å². The van der Waals surface area contributed by atoms with Gasteiger partial charge in [0, 0.05) is 25.2 Å². The third-order valence-electron chi connectivity index (χ3n) is 2.59. The molecule has 1 unspecified atom stereocenters. The Bertz CT molecular complexity index is 341. The fourth-order valence-corrected chi connectivity index (χ4v) is 1.86. The van der Waals surface area contributed by atoms with E-state index >= 15 is 0 Å². The van der Waals surface area contributed by atoms with Crippen molar-refractivity contribution in [3.8, 4) is 0 Å². The first-order valence-electron chi connectivity index (χ1n) is 7.60. The highest BCUT2D eigenvalue weighted by Gasteiger charge is 2.17. The highest BCUT2D eigenvalue weighted by Crippen LogP contribution is 2.05. The summed E-state index contributed by atoms with van der Waals surface area (Å²) in [6.07, 6.45) is 0.502. The van der Waals surface area contributed by atoms with Crippen LogP contribution >= 0.6 is 24.0 Å². The van der Waals surface area contributed by atoms with Gasteiger partial charge < -0.3 is 20.7 Å². The van der Waals surface area contributed by atoms with E-state index in [1.54, 1.807) is 14.0 Å². The quantitative estimate of drug-likeness (QED) is 0.346. The Morgan fingerprint density at radius 3 is 2.27 bits per heavy atom. The van der Waals surface area contributed by atoms with Crippen LogP contribution in [0.2, 0.25) is 0 Å². The van der Waals surface area contributed by atoms with E-state index in [9.17, 15) is 4.79 Å². The number of nitrogens with zero attached hydrogens (tertiary/aromatic N) is 1. The summed E-state index contributed by atoms with van der Waals surface area (Å²) in [6.45, 7) is 13.2. The van der Waals surface area contributed by atoms with Crippen molar-refractivity contribution in [2.45, 2.75) is 59.5 Å². The van der Waals surface area contributed by atoms with Crippen molar-refractivity contribution in [1.82, 2.24) is 16.0 Å². The van der Waals surface area contributed by atoms with Gasteiger partial charge >= 0.3 is 6.09 Å². The van der Waals surface area contributed by atoms with Crippen molar-refractivity contribution in [2.75, 3.05) is 20.2 Å². The van der Waals surface area contributed by atoms with E-state index < -0.39 is 0 Å². The van der Waals surface area contributed by atoms with Crippen LogP contribution in [0.25, 0.3) is 0 Å². The third kappa shape index (κ3) is 13.0. The molecule has 0 aromatic rings. The molecule has 7 heteroatoms. The summed E-state index contributed by atoms with van der Waals surface area (Å²) in [5.41, 5.74) is -0.0655. The van der Waals surface area contributed by atoms with Gasteiger partial charge in [0.05, 0.1) is 6.61 Å². The van der Waals surface area contributed by atoms with E-state index in [1.165, 1.54) is 0 Å². The van der Waals surface area contributed by atoms with Crippen molar-refractivity contribution in [3.63, 3.8) is 0 Å². The van der Waals surface area contributed by atoms with E-state index in [2.05, 4.69) is 55.6 Å². The molecule has 0 saturated carbocycles. The largest absolute Gasteiger partial charge is 0.450 e. The van der Waals surface area contributed by atoms with Crippen molar-refractivity contribution in [3.05, 3.63) is 0 Å². The van der Waals surface area contributed by atoms with Gasteiger partial charge in [0.15, 0.2) is 5.96 Å². The Balaban J connectivity index is 0. The Kier molecular flexibility index (Phi) is 12.6. The molecule has 22 heavy (non-hydrogen) atoms. The average Bonchev–Trinajstić information content (AvgIpc) is 2.32. The maximum atomic E-state index is 11.6. The molecule has 132 valence electrons. The second-order valence-electron chi connectivity index (χ2n) is 6.52. The molecule has 1 amide bonds. The second kappa shape index (κ2) is 11.8. The zero-order valence-electron chi connectivity index (χ0n) is 14.9. The summed E-state index contributed by atoms with van der Waals surface area (Å²) in [5, 5.41) is 9.42. The highest BCUT2D eigenvalue weighted by molar-refractivity contribution is 14.0. The number of hydrogen-bond donors (Lipinski definition) is 3. The zero-order valence-corrected chi connectivity index (χ0v) is 17.3. The lowest BCUT2D eigenvalue weighted by Crippen LogP contribution is -2.51. The van der Waals surface area contributed by atoms with E-state index in [0.717, 1.165) is 12.4 Å². The Hall–Kier alpha value is -0.730. The molecule has 0 aromatic heterocycles. The number of hydrogen-bond acceptors (Lipinski definition) is 3. The zero-order chi connectivity index (χ0) is 16.5. The molecule has 0 bridgehead atoms. The number of rotatable bonds is 6. The molecular formula is C15H33IN4O2. The SMILES string of the molecule is CCOC(=O)NC(CNC(=NC)NC(C)(C)C)CC(C)C.I. The van der Waals surface area contributed by atoms with Crippen LogP contribution in [0, 0.1) is 5.92 Å². The number of halogens is 1. The maximum Gasteiger partial charge on any atom is 0.407 e. The van der Waals surface area contributed by atoms with Crippen molar-refractivity contribution in [2.24, 2.45) is 10.9 Å². The van der Waals surface area contributed by atoms with Crippen LogP contribution in [-0.2, 0) is 4.74 Å². The first kappa shape index (κ1) is 23.5. The van der Waals surface area contributed by atoms with Gasteiger partial charge in [-0.1, -0.05) is 13.8 Å². The molecule has 0 fully saturated rings. The van der Waals surface area contributed by atoms with Gasteiger partial charge in [0.2, 0.25) is 0 Å². The number of guanidine groups is 1. The van der Waals surface area contributed by atoms with E-state index in [0.29, 0.717) is 19.1 Å². The molecule has 0 aromatic carbocycles. The molecule has 0 spiro atoms. The summed E-state index contributed by atoms with van der Waals surface area (Å²) >= 11 is 0. The molecule has 1 atom stereocenters. The van der Waals surface area contributed by atoms with Crippen LogP contribution in [0.4, 0.5) is 4.79 Å². The van der Waals surface area contributed by atoms with Gasteiger partial charge in [-0.15, -0.1) is 24.0 Å². The number of nitrogens with one attached hydrogen (secondary N) is 3. The van der Waals surface area contributed by atoms with Gasteiger partial charge in [-0.3, -0.25) is 4.99 Å². The molecule has 0 aliphatic heterocycles. The van der Waals surface area contributed by atoms with Crippen LogP contribution in [0.1, 0.15) is 48.0 Å². The summed E-state index contributed by atoms with van der Waals surface area (Å²) in [5.74, 6) is 1.21. The van der Waals surface area contributed by atoms with Crippen LogP contribution in [0.15, 0.2) is 4.99 Å². The number of aliphatic imine (C=N–C) groups is 1. The average molecular weight is 428 g/mol. The minimum Gasteiger partial charge on any atom is -0.450 e. The maximum absolute atomic E-state index is 11.6. The summed E-state index contributed by atoms with van der Waals surface area (Å²) in [6, 6.07) is 0.00238. The first-order valence-corrected chi connectivity index (χ1v) is 7.60. The molecule has 0 aliphatic carbocycles. The minimum absolute atomic E-state index is 0. The lowest BCUT2D eigenvalue weighted by Gasteiger charge is -2.26. The second-order valence-corrected chi connectivity index (χ2v) is 6.52. The minimum atomic E-state index is -0.372. The van der Waals surface area contributed by atoms with Crippen molar-refractivity contribution >= 4 is 36.0 Å². The number of alkyl carbamates (subject to hydrolysis) is 1. The first-order chi connectivity index (χ1) is 9.67. The summed E-state index contributed by atoms with van der Waals surface area (Å²) in [4.78, 5) is 15.8. The van der Waals surface area contributed by atoms with E-state index in [4.69, 9.17) is 4.74 Å². The highest BCUT2D eigenvalue weighted by atomic mass is 127. The fraction of sp³-hybridized carbons (Fsp3) is 0.867. The summed E-state index contributed by atoms with van der Waals surface area (Å²) in [7, 11) is 1.73. The fourth-order valence-electron chi connectivity index (χ4n) is 1.86. The van der Waals surface area contributed by atoms with Gasteiger partial charge in [-0.25, -0.2) is 4.79 Å². The molecular weight excluding hydrogens is 395 g/mol. The molecule has 3 N–H and O–H groups in total. The molecule has 0 saturated heterocycles. The van der Waals surface area contributed by atoms with Gasteiger partial charge in [0.1, 0.15) is 0 Å². The number of carbonyl (C=O) groups is 1.